The van der Waals surface area contributed by atoms with Crippen molar-refractivity contribution >= 4 is 27.9 Å². The monoisotopic (exact) mass is 307 g/mol. The fourth-order valence-electron chi connectivity index (χ4n) is 2.45. The minimum atomic E-state index is -0.889. The van der Waals surface area contributed by atoms with Gasteiger partial charge in [-0.1, -0.05) is 54.6 Å². The second kappa shape index (κ2) is 7.44. The van der Waals surface area contributed by atoms with Crippen LogP contribution < -0.4 is 5.32 Å². The summed E-state index contributed by atoms with van der Waals surface area (Å²) >= 11 is 8.80. The Hall–Kier alpha value is -1.35. The summed E-state index contributed by atoms with van der Waals surface area (Å²) in [6.07, 6.45) is 1.14. The Kier molecular flexibility index (Phi) is 5.60. The van der Waals surface area contributed by atoms with Crippen LogP contribution in [0.2, 0.25) is 0 Å². The molecule has 2 aromatic rings. The molecule has 0 aliphatic carbocycles. The zero-order valence-corrected chi connectivity index (χ0v) is 12.4. The molecule has 0 radical (unpaired) electrons. The number of rotatable bonds is 1. The Morgan fingerprint density at radius 1 is 1.00 bits per heavy atom. The average Bonchev–Trinajstić information content (AvgIpc) is 2.47. The molecule has 0 amide bonds. The topological polar surface area (TPSA) is 29.1 Å². The molecule has 0 spiro atoms. The van der Waals surface area contributed by atoms with Crippen molar-refractivity contribution in [1.82, 2.24) is 5.32 Å². The van der Waals surface area contributed by atoms with E-state index in [0.717, 1.165) is 13.0 Å². The number of hydrogen-bond donors (Lipinski definition) is 1. The summed E-state index contributed by atoms with van der Waals surface area (Å²) < 4.78 is -0.889. The number of carbonyl (C=O) groups is 1. The summed E-state index contributed by atoms with van der Waals surface area (Å²) in [7, 11) is 0. The Bertz CT molecular complexity index is 568. The molecule has 4 heteroatoms. The maximum Gasteiger partial charge on any atom is 0.313 e. The van der Waals surface area contributed by atoms with Crippen LogP contribution in [0.25, 0.3) is 0 Å². The summed E-state index contributed by atoms with van der Waals surface area (Å²) in [6, 6.07) is 19.8. The van der Waals surface area contributed by atoms with Crippen molar-refractivity contribution in [3.63, 3.8) is 0 Å². The second-order valence-electron chi connectivity index (χ2n) is 4.47. The lowest BCUT2D eigenvalue weighted by molar-refractivity contribution is 0.275. The van der Waals surface area contributed by atoms with Crippen molar-refractivity contribution in [2.75, 3.05) is 6.54 Å². The quantitative estimate of drug-likeness (QED) is 0.786. The summed E-state index contributed by atoms with van der Waals surface area (Å²) in [5, 5.41) is 3.59. The molecule has 1 atom stereocenters. The van der Waals surface area contributed by atoms with Gasteiger partial charge in [0.15, 0.2) is 0 Å². The van der Waals surface area contributed by atoms with Gasteiger partial charge in [-0.25, -0.2) is 0 Å². The van der Waals surface area contributed by atoms with Gasteiger partial charge in [-0.05, 0) is 46.3 Å². The van der Waals surface area contributed by atoms with E-state index < -0.39 is 4.70 Å². The van der Waals surface area contributed by atoms with Crippen LogP contribution in [-0.4, -0.2) is 11.2 Å². The Morgan fingerprint density at radius 3 is 2.30 bits per heavy atom. The smallest absolute Gasteiger partial charge is 0.306 e. The minimum Gasteiger partial charge on any atom is -0.306 e. The van der Waals surface area contributed by atoms with Gasteiger partial charge in [-0.2, -0.15) is 0 Å². The number of benzene rings is 2. The Balaban J connectivity index is 0.000000328. The molecule has 104 valence electrons. The zero-order valence-electron chi connectivity index (χ0n) is 10.9. The second-order valence-corrected chi connectivity index (χ2v) is 5.35. The third-order valence-corrected chi connectivity index (χ3v) is 3.24. The lowest BCUT2D eigenvalue weighted by atomic mass is 9.90. The molecule has 1 N–H and O–H groups in total. The van der Waals surface area contributed by atoms with E-state index in [1.807, 2.05) is 0 Å². The minimum absolute atomic E-state index is 0.367. The van der Waals surface area contributed by atoms with Crippen LogP contribution >= 0.6 is 23.2 Å². The summed E-state index contributed by atoms with van der Waals surface area (Å²) in [6.45, 7) is 1.07. The van der Waals surface area contributed by atoms with E-state index in [1.54, 1.807) is 0 Å². The van der Waals surface area contributed by atoms with Crippen LogP contribution in [0.15, 0.2) is 54.6 Å². The number of fused-ring (bicyclic) bond motifs is 1. The standard InChI is InChI=1S/C15H15N.CCl2O/c1-2-7-13(8-3-1)15-14-9-5-4-6-12(14)10-11-16-15;2-1(3)4/h1-9,15-16H,10-11H2;. The predicted molar refractivity (Wildman–Crippen MR) is 83.5 cm³/mol. The molecule has 3 rings (SSSR count). The highest BCUT2D eigenvalue weighted by Crippen LogP contribution is 2.27. The normalized spacial score (nSPS) is 16.6. The molecule has 0 saturated heterocycles. The number of hydrogen-bond acceptors (Lipinski definition) is 2. The molecule has 1 aliphatic rings. The summed E-state index contributed by atoms with van der Waals surface area (Å²) in [5.41, 5.74) is 4.27. The highest BCUT2D eigenvalue weighted by Gasteiger charge is 2.19. The average molecular weight is 308 g/mol. The first-order valence-electron chi connectivity index (χ1n) is 6.39. The molecule has 1 unspecified atom stereocenters. The number of halogens is 2. The van der Waals surface area contributed by atoms with Crippen molar-refractivity contribution in [2.45, 2.75) is 12.5 Å². The van der Waals surface area contributed by atoms with Gasteiger partial charge < -0.3 is 5.32 Å². The van der Waals surface area contributed by atoms with Crippen LogP contribution in [0.1, 0.15) is 22.7 Å². The third-order valence-electron chi connectivity index (χ3n) is 3.24. The highest BCUT2D eigenvalue weighted by atomic mass is 35.5. The predicted octanol–water partition coefficient (Wildman–Crippen LogP) is 4.51. The molecule has 1 heterocycles. The molecule has 0 fully saturated rings. The SMILES string of the molecule is O=C(Cl)Cl.c1ccc(C2NCCc3ccccc32)cc1. The van der Waals surface area contributed by atoms with Crippen LogP contribution in [-0.2, 0) is 6.42 Å². The molecule has 0 aromatic heterocycles. The maximum absolute atomic E-state index is 8.98. The summed E-state index contributed by atoms with van der Waals surface area (Å²) in [5.74, 6) is 0. The third kappa shape index (κ3) is 4.07. The number of carbonyl (C=O) groups excluding carboxylic acids is 1. The van der Waals surface area contributed by atoms with Gasteiger partial charge in [0.2, 0.25) is 0 Å². The summed E-state index contributed by atoms with van der Waals surface area (Å²) in [4.78, 5) is 8.98. The molecule has 0 bridgehead atoms. The fraction of sp³-hybridized carbons (Fsp3) is 0.188. The Morgan fingerprint density at radius 2 is 1.60 bits per heavy atom. The van der Waals surface area contributed by atoms with E-state index >= 15 is 0 Å². The van der Waals surface area contributed by atoms with Crippen LogP contribution in [0.3, 0.4) is 0 Å². The van der Waals surface area contributed by atoms with Crippen molar-refractivity contribution in [2.24, 2.45) is 0 Å². The molecular weight excluding hydrogens is 293 g/mol. The lowest BCUT2D eigenvalue weighted by Gasteiger charge is -2.27. The van der Waals surface area contributed by atoms with Crippen LogP contribution in [0.5, 0.6) is 0 Å². The van der Waals surface area contributed by atoms with E-state index in [2.05, 4.69) is 83.1 Å². The molecule has 0 saturated carbocycles. The Labute approximate surface area is 128 Å². The van der Waals surface area contributed by atoms with E-state index in [-0.39, 0.29) is 0 Å². The fourth-order valence-corrected chi connectivity index (χ4v) is 2.45. The lowest BCUT2D eigenvalue weighted by Crippen LogP contribution is -2.30. The van der Waals surface area contributed by atoms with Crippen LogP contribution in [0.4, 0.5) is 4.79 Å². The maximum atomic E-state index is 8.98. The van der Waals surface area contributed by atoms with E-state index in [4.69, 9.17) is 4.79 Å². The van der Waals surface area contributed by atoms with E-state index in [0.29, 0.717) is 6.04 Å². The van der Waals surface area contributed by atoms with Gasteiger partial charge in [0.05, 0.1) is 6.04 Å². The molecule has 2 aromatic carbocycles. The first kappa shape index (κ1) is 15.0. The molecule has 1 aliphatic heterocycles. The molecule has 2 nitrogen and oxygen atoms in total. The van der Waals surface area contributed by atoms with Gasteiger partial charge in [0.1, 0.15) is 0 Å². The largest absolute Gasteiger partial charge is 0.313 e. The number of nitrogens with one attached hydrogen (secondary N) is 1. The van der Waals surface area contributed by atoms with Gasteiger partial charge in [-0.3, -0.25) is 4.79 Å². The van der Waals surface area contributed by atoms with Gasteiger partial charge in [-0.15, -0.1) is 0 Å². The molecular formula is C16H15Cl2NO. The van der Waals surface area contributed by atoms with Crippen molar-refractivity contribution in [3.05, 3.63) is 71.3 Å². The van der Waals surface area contributed by atoms with E-state index in [1.165, 1.54) is 16.7 Å². The first-order chi connectivity index (χ1) is 9.68. The first-order valence-corrected chi connectivity index (χ1v) is 7.15. The van der Waals surface area contributed by atoms with Gasteiger partial charge in [0, 0.05) is 6.54 Å². The van der Waals surface area contributed by atoms with Crippen molar-refractivity contribution in [1.29, 1.82) is 0 Å². The van der Waals surface area contributed by atoms with E-state index in [9.17, 15) is 0 Å². The zero-order chi connectivity index (χ0) is 14.4. The van der Waals surface area contributed by atoms with Gasteiger partial charge in [0.25, 0.3) is 0 Å². The van der Waals surface area contributed by atoms with Crippen LogP contribution in [0, 0.1) is 0 Å². The van der Waals surface area contributed by atoms with Crippen molar-refractivity contribution < 1.29 is 4.79 Å². The highest BCUT2D eigenvalue weighted by molar-refractivity contribution is 6.93. The van der Waals surface area contributed by atoms with Gasteiger partial charge >= 0.3 is 4.70 Å². The van der Waals surface area contributed by atoms with Crippen molar-refractivity contribution in [3.8, 4) is 0 Å². The molecule has 20 heavy (non-hydrogen) atoms.